The number of pyridine rings is 1. The zero-order chi connectivity index (χ0) is 15.1. The average Bonchev–Trinajstić information content (AvgIpc) is 2.75. The van der Waals surface area contributed by atoms with Gasteiger partial charge in [-0.2, -0.15) is 0 Å². The number of nitrogens with one attached hydrogen (secondary N) is 2. The van der Waals surface area contributed by atoms with E-state index in [1.807, 2.05) is 26.0 Å². The van der Waals surface area contributed by atoms with Gasteiger partial charge in [-0.15, -0.1) is 0 Å². The molecule has 0 aliphatic rings. The Hall–Kier alpha value is -2.37. The summed E-state index contributed by atoms with van der Waals surface area (Å²) in [5, 5.41) is 5.62. The Labute approximate surface area is 117 Å². The minimum Gasteiger partial charge on any atom is -0.352 e. The Balaban J connectivity index is 0.000000956. The normalized spacial score (nSPS) is 9.60. The Kier molecular flexibility index (Phi) is 5.71. The molecule has 2 N–H and O–H groups in total. The Bertz CT molecular complexity index is 614. The molecule has 6 nitrogen and oxygen atoms in total. The largest absolute Gasteiger partial charge is 0.352 e. The summed E-state index contributed by atoms with van der Waals surface area (Å²) < 4.78 is 1.40. The molecule has 0 saturated heterocycles. The lowest BCUT2D eigenvalue weighted by Crippen LogP contribution is -2.24. The molecule has 0 fully saturated rings. The first-order valence-electron chi connectivity index (χ1n) is 6.52. The maximum Gasteiger partial charge on any atom is 0.271 e. The lowest BCUT2D eigenvalue weighted by Gasteiger charge is -2.02. The number of aromatic amines is 1. The highest BCUT2D eigenvalue weighted by Gasteiger charge is 2.14. The second kappa shape index (κ2) is 7.28. The number of nitrogens with zero attached hydrogens (tertiary/aromatic N) is 2. The fourth-order valence-electron chi connectivity index (χ4n) is 1.73. The first kappa shape index (κ1) is 15.7. The number of amides is 1. The van der Waals surface area contributed by atoms with Crippen LogP contribution in [0.4, 0.5) is 0 Å². The standard InChI is InChI=1S/C12H14N4O2.C2H6/c1-8(17)14-7-10-11(15-16(2)12(10)18)9-3-5-13-6-4-9;1-2/h3-6,15H,7H2,1-2H3,(H,14,17);1-2H3. The number of H-pyrrole nitrogens is 1. The predicted octanol–water partition coefficient (Wildman–Crippen LogP) is 1.44. The molecule has 0 bridgehead atoms. The van der Waals surface area contributed by atoms with Crippen molar-refractivity contribution >= 4 is 5.91 Å². The minimum atomic E-state index is -0.168. The van der Waals surface area contributed by atoms with E-state index in [1.54, 1.807) is 19.4 Å². The average molecular weight is 276 g/mol. The van der Waals surface area contributed by atoms with Crippen LogP contribution in [0.3, 0.4) is 0 Å². The third-order valence-electron chi connectivity index (χ3n) is 2.63. The molecule has 108 valence electrons. The predicted molar refractivity (Wildman–Crippen MR) is 78.1 cm³/mol. The van der Waals surface area contributed by atoms with Crippen LogP contribution in [0.2, 0.25) is 0 Å². The molecule has 2 aromatic heterocycles. The fourth-order valence-corrected chi connectivity index (χ4v) is 1.73. The molecule has 6 heteroatoms. The maximum atomic E-state index is 11.9. The lowest BCUT2D eigenvalue weighted by molar-refractivity contribution is -0.119. The van der Waals surface area contributed by atoms with Crippen LogP contribution in [0.25, 0.3) is 11.3 Å². The summed E-state index contributed by atoms with van der Waals surface area (Å²) in [7, 11) is 1.64. The second-order valence-electron chi connectivity index (χ2n) is 3.98. The molecule has 2 aromatic rings. The van der Waals surface area contributed by atoms with E-state index in [4.69, 9.17) is 0 Å². The van der Waals surface area contributed by atoms with E-state index in [1.165, 1.54) is 11.6 Å². The van der Waals surface area contributed by atoms with Gasteiger partial charge in [0.2, 0.25) is 5.91 Å². The molecule has 0 atom stereocenters. The van der Waals surface area contributed by atoms with Crippen LogP contribution in [0, 0.1) is 0 Å². The van der Waals surface area contributed by atoms with Gasteiger partial charge in [0, 0.05) is 31.9 Å². The number of carbonyl (C=O) groups excluding carboxylic acids is 1. The molecule has 0 spiro atoms. The van der Waals surface area contributed by atoms with Crippen LogP contribution in [0.5, 0.6) is 0 Å². The molecule has 0 aliphatic carbocycles. The number of rotatable bonds is 3. The highest BCUT2D eigenvalue weighted by Crippen LogP contribution is 2.18. The van der Waals surface area contributed by atoms with Crippen LogP contribution in [0.15, 0.2) is 29.3 Å². The summed E-state index contributed by atoms with van der Waals surface area (Å²) in [5.74, 6) is -0.168. The number of hydrogen-bond acceptors (Lipinski definition) is 3. The molecular weight excluding hydrogens is 256 g/mol. The SMILES string of the molecule is CC.CC(=O)NCc1c(-c2ccncc2)[nH]n(C)c1=O. The van der Waals surface area contributed by atoms with Crippen LogP contribution < -0.4 is 10.9 Å². The number of hydrogen-bond donors (Lipinski definition) is 2. The van der Waals surface area contributed by atoms with Gasteiger partial charge in [-0.3, -0.25) is 24.4 Å². The van der Waals surface area contributed by atoms with E-state index in [2.05, 4.69) is 15.4 Å². The quantitative estimate of drug-likeness (QED) is 0.890. The van der Waals surface area contributed by atoms with Gasteiger partial charge in [0.25, 0.3) is 5.56 Å². The van der Waals surface area contributed by atoms with E-state index < -0.39 is 0 Å². The summed E-state index contributed by atoms with van der Waals surface area (Å²) >= 11 is 0. The molecule has 0 unspecified atom stereocenters. The first-order valence-corrected chi connectivity index (χ1v) is 6.52. The summed E-state index contributed by atoms with van der Waals surface area (Å²) in [6, 6.07) is 3.62. The maximum absolute atomic E-state index is 11.9. The van der Waals surface area contributed by atoms with Gasteiger partial charge in [0.05, 0.1) is 17.8 Å². The Morgan fingerprint density at radius 2 is 1.95 bits per heavy atom. The molecule has 0 aliphatic heterocycles. The monoisotopic (exact) mass is 276 g/mol. The minimum absolute atomic E-state index is 0.143. The molecule has 0 aromatic carbocycles. The van der Waals surface area contributed by atoms with Gasteiger partial charge < -0.3 is 5.32 Å². The van der Waals surface area contributed by atoms with Crippen molar-refractivity contribution in [1.29, 1.82) is 0 Å². The first-order chi connectivity index (χ1) is 9.59. The number of carbonyl (C=O) groups is 1. The van der Waals surface area contributed by atoms with Crippen molar-refractivity contribution in [2.24, 2.45) is 7.05 Å². The number of aryl methyl sites for hydroxylation is 1. The molecule has 20 heavy (non-hydrogen) atoms. The van der Waals surface area contributed by atoms with E-state index >= 15 is 0 Å². The third kappa shape index (κ3) is 3.57. The van der Waals surface area contributed by atoms with Gasteiger partial charge in [-0.1, -0.05) is 13.8 Å². The van der Waals surface area contributed by atoms with Gasteiger partial charge in [0.15, 0.2) is 0 Å². The van der Waals surface area contributed by atoms with E-state index in [0.717, 1.165) is 5.56 Å². The molecule has 1 amide bonds. The van der Waals surface area contributed by atoms with Crippen molar-refractivity contribution in [3.63, 3.8) is 0 Å². The van der Waals surface area contributed by atoms with Gasteiger partial charge >= 0.3 is 0 Å². The van der Waals surface area contributed by atoms with Crippen molar-refractivity contribution < 1.29 is 4.79 Å². The van der Waals surface area contributed by atoms with Crippen molar-refractivity contribution in [3.8, 4) is 11.3 Å². The summed E-state index contributed by atoms with van der Waals surface area (Å²) in [6.07, 6.45) is 3.31. The second-order valence-corrected chi connectivity index (χ2v) is 3.98. The summed E-state index contributed by atoms with van der Waals surface area (Å²) in [5.41, 5.74) is 1.97. The van der Waals surface area contributed by atoms with Crippen LogP contribution in [0.1, 0.15) is 26.3 Å². The summed E-state index contributed by atoms with van der Waals surface area (Å²) in [6.45, 7) is 5.63. The molecule has 2 rings (SSSR count). The van der Waals surface area contributed by atoms with E-state index in [0.29, 0.717) is 11.3 Å². The van der Waals surface area contributed by atoms with Crippen molar-refractivity contribution in [2.45, 2.75) is 27.3 Å². The highest BCUT2D eigenvalue weighted by atomic mass is 16.1. The third-order valence-corrected chi connectivity index (χ3v) is 2.63. The number of aromatic nitrogens is 3. The smallest absolute Gasteiger partial charge is 0.271 e. The van der Waals surface area contributed by atoms with E-state index in [-0.39, 0.29) is 18.0 Å². The molecule has 0 saturated carbocycles. The van der Waals surface area contributed by atoms with Gasteiger partial charge in [0.1, 0.15) is 0 Å². The van der Waals surface area contributed by atoms with Crippen molar-refractivity contribution in [3.05, 3.63) is 40.4 Å². The molecule has 0 radical (unpaired) electrons. The highest BCUT2D eigenvalue weighted by molar-refractivity contribution is 5.73. The Morgan fingerprint density at radius 1 is 1.35 bits per heavy atom. The van der Waals surface area contributed by atoms with Crippen LogP contribution in [-0.4, -0.2) is 20.7 Å². The zero-order valence-electron chi connectivity index (χ0n) is 12.2. The van der Waals surface area contributed by atoms with Crippen molar-refractivity contribution in [1.82, 2.24) is 20.1 Å². The van der Waals surface area contributed by atoms with E-state index in [9.17, 15) is 9.59 Å². The van der Waals surface area contributed by atoms with Crippen molar-refractivity contribution in [2.75, 3.05) is 0 Å². The zero-order valence-corrected chi connectivity index (χ0v) is 12.2. The van der Waals surface area contributed by atoms with Gasteiger partial charge in [-0.25, -0.2) is 0 Å². The summed E-state index contributed by atoms with van der Waals surface area (Å²) in [4.78, 5) is 26.8. The van der Waals surface area contributed by atoms with Crippen LogP contribution >= 0.6 is 0 Å². The topological polar surface area (TPSA) is 79.8 Å². The lowest BCUT2D eigenvalue weighted by atomic mass is 10.1. The fraction of sp³-hybridized carbons (Fsp3) is 0.357. The molecular formula is C14H20N4O2. The molecule has 2 heterocycles. The van der Waals surface area contributed by atoms with Gasteiger partial charge in [-0.05, 0) is 12.1 Å². The van der Waals surface area contributed by atoms with Crippen LogP contribution in [-0.2, 0) is 18.4 Å². The Morgan fingerprint density at radius 3 is 2.50 bits per heavy atom.